The Morgan fingerprint density at radius 1 is 0.963 bits per heavy atom. The lowest BCUT2D eigenvalue weighted by Crippen LogP contribution is -1.90. The van der Waals surface area contributed by atoms with Crippen molar-refractivity contribution in [3.05, 3.63) is 72.5 Å². The molecule has 0 spiro atoms. The normalized spacial score (nSPS) is 11.1. The first kappa shape index (κ1) is 16.1. The van der Waals surface area contributed by atoms with E-state index in [1.165, 1.54) is 11.3 Å². The van der Waals surface area contributed by atoms with E-state index in [2.05, 4.69) is 15.0 Å². The van der Waals surface area contributed by atoms with Crippen molar-refractivity contribution in [2.75, 3.05) is 0 Å². The van der Waals surface area contributed by atoms with Gasteiger partial charge in [-0.15, -0.1) is 11.3 Å². The zero-order valence-corrected chi connectivity index (χ0v) is 15.4. The lowest BCUT2D eigenvalue weighted by Gasteiger charge is -2.05. The largest absolute Gasteiger partial charge is 0.464 e. The molecule has 0 saturated carbocycles. The monoisotopic (exact) mass is 390 g/mol. The molecule has 0 amide bonds. The molecule has 130 valence electrons. The topological polar surface area (TPSA) is 64.7 Å². The van der Waals surface area contributed by atoms with Crippen molar-refractivity contribution in [1.82, 2.24) is 19.9 Å². The van der Waals surface area contributed by atoms with Crippen LogP contribution in [-0.4, -0.2) is 19.9 Å². The Morgan fingerprint density at radius 2 is 1.93 bits per heavy atom. The van der Waals surface area contributed by atoms with Crippen LogP contribution < -0.4 is 0 Å². The van der Waals surface area contributed by atoms with Crippen LogP contribution in [0.3, 0.4) is 0 Å². The molecule has 5 rings (SSSR count). The number of fused-ring (bicyclic) bond motifs is 1. The maximum Gasteiger partial charge on any atom is 0.150 e. The summed E-state index contributed by atoms with van der Waals surface area (Å²) in [6.07, 6.45) is 6.89. The Hall–Kier alpha value is -3.09. The van der Waals surface area contributed by atoms with E-state index in [0.717, 1.165) is 37.8 Å². The van der Waals surface area contributed by atoms with Crippen molar-refractivity contribution >= 4 is 33.9 Å². The molecule has 0 fully saturated rings. The van der Waals surface area contributed by atoms with Crippen LogP contribution in [-0.2, 0) is 0 Å². The molecule has 5 heterocycles. The fraction of sp³-hybridized carbons (Fsp3) is 0. The van der Waals surface area contributed by atoms with E-state index in [-0.39, 0.29) is 0 Å². The zero-order chi connectivity index (χ0) is 18.2. The summed E-state index contributed by atoms with van der Waals surface area (Å²) < 4.78 is 5.64. The van der Waals surface area contributed by atoms with Crippen LogP contribution in [0.4, 0.5) is 0 Å². The molecule has 0 aromatic carbocycles. The average molecular weight is 391 g/mol. The van der Waals surface area contributed by atoms with Gasteiger partial charge in [-0.3, -0.25) is 9.97 Å². The van der Waals surface area contributed by atoms with Gasteiger partial charge in [0.15, 0.2) is 0 Å². The van der Waals surface area contributed by atoms with Crippen LogP contribution >= 0.6 is 22.9 Å². The maximum absolute atomic E-state index is 6.45. The first-order valence-electron chi connectivity index (χ1n) is 8.16. The third-order valence-electron chi connectivity index (χ3n) is 4.08. The molecule has 0 atom stereocenters. The molecule has 5 nitrogen and oxygen atoms in total. The van der Waals surface area contributed by atoms with Gasteiger partial charge < -0.3 is 4.42 Å². The average Bonchev–Trinajstić information content (AvgIpc) is 3.35. The van der Waals surface area contributed by atoms with Crippen LogP contribution in [0.15, 0.2) is 71.7 Å². The van der Waals surface area contributed by atoms with Gasteiger partial charge in [0.1, 0.15) is 21.4 Å². The highest BCUT2D eigenvalue weighted by molar-refractivity contribution is 7.19. The first-order valence-corrected chi connectivity index (χ1v) is 9.36. The van der Waals surface area contributed by atoms with E-state index in [1.807, 2.05) is 42.5 Å². The van der Waals surface area contributed by atoms with Crippen LogP contribution in [0.25, 0.3) is 43.5 Å². The molecule has 0 saturated heterocycles. The van der Waals surface area contributed by atoms with Gasteiger partial charge in [0, 0.05) is 35.6 Å². The summed E-state index contributed by atoms with van der Waals surface area (Å²) >= 11 is 7.92. The molecule has 0 aliphatic heterocycles. The van der Waals surface area contributed by atoms with Gasteiger partial charge in [0.05, 0.1) is 22.5 Å². The van der Waals surface area contributed by atoms with E-state index >= 15 is 0 Å². The van der Waals surface area contributed by atoms with E-state index in [0.29, 0.717) is 10.8 Å². The summed E-state index contributed by atoms with van der Waals surface area (Å²) in [6, 6.07) is 13.3. The summed E-state index contributed by atoms with van der Waals surface area (Å²) in [4.78, 5) is 18.7. The molecule has 5 aromatic rings. The summed E-state index contributed by atoms with van der Waals surface area (Å²) in [6.45, 7) is 0. The van der Waals surface area contributed by atoms with Crippen molar-refractivity contribution in [3.63, 3.8) is 0 Å². The highest BCUT2D eigenvalue weighted by Crippen LogP contribution is 2.39. The standard InChI is InChI=1S/C20H11ClN4OS/c21-19-18(27-20(25-19)12-4-3-7-22-11-12)15-10-16-13(6-9-26-16)17(24-15)14-5-1-2-8-23-14/h1-11H. The molecule has 7 heteroatoms. The molecule has 0 N–H and O–H groups in total. The lowest BCUT2D eigenvalue weighted by atomic mass is 10.1. The Labute approximate surface area is 163 Å². The van der Waals surface area contributed by atoms with E-state index < -0.39 is 0 Å². The predicted molar refractivity (Wildman–Crippen MR) is 107 cm³/mol. The lowest BCUT2D eigenvalue weighted by molar-refractivity contribution is 0.616. The maximum atomic E-state index is 6.45. The van der Waals surface area contributed by atoms with Crippen molar-refractivity contribution in [2.45, 2.75) is 0 Å². The molecule has 0 radical (unpaired) electrons. The van der Waals surface area contributed by atoms with Crippen molar-refractivity contribution in [1.29, 1.82) is 0 Å². The Bertz CT molecular complexity index is 1240. The van der Waals surface area contributed by atoms with Crippen molar-refractivity contribution in [2.24, 2.45) is 0 Å². The molecule has 0 aliphatic rings. The highest BCUT2D eigenvalue weighted by Gasteiger charge is 2.18. The van der Waals surface area contributed by atoms with E-state index in [9.17, 15) is 0 Å². The number of nitrogens with zero attached hydrogens (tertiary/aromatic N) is 4. The summed E-state index contributed by atoms with van der Waals surface area (Å²) in [7, 11) is 0. The summed E-state index contributed by atoms with van der Waals surface area (Å²) in [5.41, 5.74) is 3.88. The van der Waals surface area contributed by atoms with Gasteiger partial charge in [0.2, 0.25) is 0 Å². The second-order valence-corrected chi connectivity index (χ2v) is 7.14. The number of rotatable bonds is 3. The first-order chi connectivity index (χ1) is 13.3. The second kappa shape index (κ2) is 6.57. The van der Waals surface area contributed by atoms with Gasteiger partial charge in [-0.2, -0.15) is 0 Å². The number of halogens is 1. The molecule has 5 aromatic heterocycles. The van der Waals surface area contributed by atoms with Crippen LogP contribution in [0, 0.1) is 0 Å². The van der Waals surface area contributed by atoms with Gasteiger partial charge in [-0.25, -0.2) is 9.97 Å². The number of thiazole rings is 1. The zero-order valence-electron chi connectivity index (χ0n) is 13.8. The Balaban J connectivity index is 1.69. The summed E-state index contributed by atoms with van der Waals surface area (Å²) in [5.74, 6) is 0. The minimum Gasteiger partial charge on any atom is -0.464 e. The fourth-order valence-corrected chi connectivity index (χ4v) is 4.11. The van der Waals surface area contributed by atoms with E-state index in [1.54, 1.807) is 24.9 Å². The number of hydrogen-bond donors (Lipinski definition) is 0. The van der Waals surface area contributed by atoms with Crippen molar-refractivity contribution < 1.29 is 4.42 Å². The SMILES string of the molecule is Clc1nc(-c2cccnc2)sc1-c1cc2occc2c(-c2ccccn2)n1. The Kier molecular flexibility index (Phi) is 3.92. The fourth-order valence-electron chi connectivity index (χ4n) is 2.85. The molecule has 0 bridgehead atoms. The van der Waals surface area contributed by atoms with Crippen LogP contribution in [0.2, 0.25) is 5.15 Å². The van der Waals surface area contributed by atoms with Crippen molar-refractivity contribution in [3.8, 4) is 32.5 Å². The van der Waals surface area contributed by atoms with E-state index in [4.69, 9.17) is 21.0 Å². The molecule has 27 heavy (non-hydrogen) atoms. The molecule has 0 unspecified atom stereocenters. The predicted octanol–water partition coefficient (Wildman–Crippen LogP) is 5.73. The van der Waals surface area contributed by atoms with Gasteiger partial charge in [-0.1, -0.05) is 17.7 Å². The van der Waals surface area contributed by atoms with Gasteiger partial charge in [0.25, 0.3) is 0 Å². The minimum absolute atomic E-state index is 0.407. The Morgan fingerprint density at radius 3 is 2.74 bits per heavy atom. The number of aromatic nitrogens is 4. The minimum atomic E-state index is 0.407. The smallest absolute Gasteiger partial charge is 0.150 e. The number of pyridine rings is 3. The number of hydrogen-bond acceptors (Lipinski definition) is 6. The van der Waals surface area contributed by atoms with Gasteiger partial charge >= 0.3 is 0 Å². The van der Waals surface area contributed by atoms with Crippen LogP contribution in [0.5, 0.6) is 0 Å². The third kappa shape index (κ3) is 2.89. The third-order valence-corrected chi connectivity index (χ3v) is 5.60. The quantitative estimate of drug-likeness (QED) is 0.393. The second-order valence-electron chi connectivity index (χ2n) is 5.78. The summed E-state index contributed by atoms with van der Waals surface area (Å²) in [5, 5.41) is 2.11. The molecule has 0 aliphatic carbocycles. The highest BCUT2D eigenvalue weighted by atomic mass is 35.5. The number of furan rings is 1. The van der Waals surface area contributed by atoms with Gasteiger partial charge in [-0.05, 0) is 30.3 Å². The molecular formula is C20H11ClN4OS. The van der Waals surface area contributed by atoms with Crippen LogP contribution in [0.1, 0.15) is 0 Å². The molecular weight excluding hydrogens is 380 g/mol.